The zero-order chi connectivity index (χ0) is 46.7. The van der Waals surface area contributed by atoms with Gasteiger partial charge in [0.25, 0.3) is 0 Å². The lowest BCUT2D eigenvalue weighted by Gasteiger charge is -2.35. The predicted octanol–water partition coefficient (Wildman–Crippen LogP) is 1.77. The van der Waals surface area contributed by atoms with E-state index in [2.05, 4.69) is 20.7 Å². The molecule has 1 spiro atoms. The Hall–Kier alpha value is -5.38. The average molecular weight is 1010 g/mol. The quantitative estimate of drug-likeness (QED) is 0.127. The van der Waals surface area contributed by atoms with E-state index in [9.17, 15) is 19.2 Å². The van der Waals surface area contributed by atoms with Gasteiger partial charge >= 0.3 is 46.7 Å². The van der Waals surface area contributed by atoms with Crippen LogP contribution in [-0.2, 0) is 42.9 Å². The number of nitrogens with zero attached hydrogens (tertiary/aromatic N) is 8. The molecule has 4 aromatic carbocycles. The number of aromatic nitrogens is 2. The smallest absolute Gasteiger partial charge is 0.407 e. The fourth-order valence-electron chi connectivity index (χ4n) is 7.37. The van der Waals surface area contributed by atoms with E-state index in [1.54, 1.807) is 9.35 Å². The van der Waals surface area contributed by atoms with E-state index >= 15 is 0 Å². The maximum absolute atomic E-state index is 10.9. The Kier molecular flexibility index (Phi) is 16.0. The van der Waals surface area contributed by atoms with Crippen LogP contribution in [0.2, 0.25) is 0 Å². The van der Waals surface area contributed by atoms with Crippen molar-refractivity contribution >= 4 is 79.8 Å². The van der Waals surface area contributed by atoms with E-state index < -0.39 is 46.7 Å². The number of pyridine rings is 2. The molecule has 11 aliphatic rings. The number of hydrogen-bond donors (Lipinski definition) is 4. The van der Waals surface area contributed by atoms with Gasteiger partial charge in [-0.15, -0.1) is 9.35 Å². The van der Waals surface area contributed by atoms with Crippen molar-refractivity contribution in [3.05, 3.63) is 168 Å². The topological polar surface area (TPSA) is 209 Å². The van der Waals surface area contributed by atoms with Gasteiger partial charge < -0.3 is 59.0 Å². The molecule has 19 nitrogen and oxygen atoms in total. The van der Waals surface area contributed by atoms with Crippen molar-refractivity contribution in [2.45, 2.75) is 12.8 Å². The SMILES string of the molecule is O[Si]1OCCN2CCO[Si]3(OCCN(CCO[Si](O)O3)c3ccc(cc3)N=N[n+]3ccc(cc3)Cc3ccc(cc3)[Si](O)O[Si](O)c3ccc(cc3)Cc3cc[n+](cc3)N=Nc3ccc2cc3)O1. The number of benzene rings is 4. The van der Waals surface area contributed by atoms with Crippen LogP contribution in [0, 0.1) is 0 Å². The van der Waals surface area contributed by atoms with Gasteiger partial charge in [-0.25, -0.2) is 0 Å². The molecule has 6 aromatic rings. The van der Waals surface area contributed by atoms with E-state index in [1.807, 2.05) is 156 Å². The second-order valence-electron chi connectivity index (χ2n) is 15.6. The first-order valence-corrected chi connectivity index (χ1v) is 28.6. The highest BCUT2D eigenvalue weighted by atomic mass is 28.5. The molecule has 24 heteroatoms. The van der Waals surface area contributed by atoms with Crippen molar-refractivity contribution in [1.29, 1.82) is 0 Å². The number of rotatable bonds is 0. The average Bonchev–Trinajstić information content (AvgIpc) is 3.35. The summed E-state index contributed by atoms with van der Waals surface area (Å²) in [6.07, 6.45) is 8.67. The molecule has 0 atom stereocenters. The summed E-state index contributed by atoms with van der Waals surface area (Å²) in [4.78, 5) is 47.7. The Bertz CT molecular complexity index is 2430. The van der Waals surface area contributed by atoms with Gasteiger partial charge in [0.05, 0.1) is 36.7 Å². The van der Waals surface area contributed by atoms with E-state index in [4.69, 9.17) is 30.0 Å². The first kappa shape index (κ1) is 47.7. The van der Waals surface area contributed by atoms with Gasteiger partial charge in [-0.2, -0.15) is 0 Å². The largest absolute Gasteiger partial charge is 0.664 e. The molecule has 68 heavy (non-hydrogen) atoms. The highest BCUT2D eigenvalue weighted by molar-refractivity contribution is 6.73. The summed E-state index contributed by atoms with van der Waals surface area (Å²) in [6, 6.07) is 38.2. The third-order valence-corrected chi connectivity index (χ3v) is 19.6. The Labute approximate surface area is 401 Å². The minimum absolute atomic E-state index is 0.0949. The van der Waals surface area contributed by atoms with Gasteiger partial charge in [0.2, 0.25) is 11.4 Å². The van der Waals surface area contributed by atoms with Crippen molar-refractivity contribution in [1.82, 2.24) is 0 Å². The van der Waals surface area contributed by atoms with Crippen molar-refractivity contribution in [3.63, 3.8) is 0 Å². The lowest BCUT2D eigenvalue weighted by molar-refractivity contribution is -0.686. The summed E-state index contributed by atoms with van der Waals surface area (Å²) in [5.74, 6) is 0. The summed E-state index contributed by atoms with van der Waals surface area (Å²) in [6.45, 7) is 2.13. The fraction of sp³-hybridized carbons (Fsp3) is 0.227. The Morgan fingerprint density at radius 2 is 0.824 bits per heavy atom. The molecule has 11 aliphatic heterocycles. The molecule has 2 aromatic heterocycles. The highest BCUT2D eigenvalue weighted by Gasteiger charge is 2.53. The van der Waals surface area contributed by atoms with Gasteiger partial charge in [-0.1, -0.05) is 48.5 Å². The van der Waals surface area contributed by atoms with Crippen molar-refractivity contribution < 1.29 is 58.6 Å². The molecule has 0 saturated carbocycles. The summed E-state index contributed by atoms with van der Waals surface area (Å²) in [5, 5.41) is 18.9. The Morgan fingerprint density at radius 1 is 0.456 bits per heavy atom. The summed E-state index contributed by atoms with van der Waals surface area (Å²) < 4.78 is 44.6. The van der Waals surface area contributed by atoms with Gasteiger partial charge in [0, 0.05) is 37.6 Å². The normalized spacial score (nSPS) is 20.2. The van der Waals surface area contributed by atoms with Crippen LogP contribution < -0.4 is 29.5 Å². The van der Waals surface area contributed by atoms with E-state index in [-0.39, 0.29) is 26.4 Å². The Morgan fingerprint density at radius 3 is 1.22 bits per heavy atom. The van der Waals surface area contributed by atoms with Crippen molar-refractivity contribution in [2.24, 2.45) is 20.7 Å². The third kappa shape index (κ3) is 13.0. The number of hydrogen-bond acceptors (Lipinski definition) is 17. The number of fused-ring (bicyclic) bond motifs is 2. The zero-order valence-corrected chi connectivity index (χ0v) is 41.7. The maximum atomic E-state index is 10.9. The van der Waals surface area contributed by atoms with Crippen LogP contribution >= 0.6 is 0 Å². The molecule has 17 rings (SSSR count). The van der Waals surface area contributed by atoms with Crippen LogP contribution in [0.25, 0.3) is 0 Å². The minimum Gasteiger partial charge on any atom is -0.407 e. The molecule has 0 amide bonds. The van der Waals surface area contributed by atoms with E-state index in [1.165, 1.54) is 0 Å². The van der Waals surface area contributed by atoms with Gasteiger partial charge in [0.15, 0.2) is 0 Å². The second kappa shape index (κ2) is 22.8. The first-order chi connectivity index (χ1) is 33.2. The summed E-state index contributed by atoms with van der Waals surface area (Å²) in [7, 11) is -14.9. The molecular formula is C44H48N8O11Si5+2. The Balaban J connectivity index is 0.932. The predicted molar refractivity (Wildman–Crippen MR) is 253 cm³/mol. The van der Waals surface area contributed by atoms with Crippen LogP contribution in [0.5, 0.6) is 0 Å². The fourth-order valence-corrected chi connectivity index (χ4v) is 14.9. The van der Waals surface area contributed by atoms with Gasteiger partial charge in [-0.05, 0) is 118 Å². The zero-order valence-electron chi connectivity index (χ0n) is 36.7. The lowest BCUT2D eigenvalue weighted by atomic mass is 10.1. The van der Waals surface area contributed by atoms with Crippen LogP contribution in [0.15, 0.2) is 167 Å². The molecule has 4 radical (unpaired) electrons. The van der Waals surface area contributed by atoms with Crippen LogP contribution in [0.4, 0.5) is 22.7 Å². The molecule has 13 heterocycles. The van der Waals surface area contributed by atoms with Crippen LogP contribution in [0.1, 0.15) is 22.3 Å². The standard InChI is InChI=1S/C44H48N8O11Si5/c53-64-43-13-1-35(2-14-43)33-37-17-21-51(22-18-37)47-45-39-5-9-41(10-6-39)49-25-29-57-66(55)62-68(59-31-27-49)60-32-28-50(26-30-58-67(56)63-68)42-11-7-40(8-12-42)46-48-52-23-19-38(20-24-52)34-36-3-15-44(16-4-36)65(54)61-64/h1-24,53-56H,25-34H2/q+2. The lowest BCUT2D eigenvalue weighted by Crippen LogP contribution is -2.59. The number of anilines is 2. The van der Waals surface area contributed by atoms with Crippen molar-refractivity contribution in [3.8, 4) is 0 Å². The minimum atomic E-state index is -4.18. The van der Waals surface area contributed by atoms with Crippen molar-refractivity contribution in [2.75, 3.05) is 62.4 Å². The summed E-state index contributed by atoms with van der Waals surface area (Å²) >= 11 is 0. The first-order valence-electron chi connectivity index (χ1n) is 21.8. The van der Waals surface area contributed by atoms with Gasteiger partial charge in [-0.3, -0.25) is 0 Å². The van der Waals surface area contributed by atoms with E-state index in [0.29, 0.717) is 60.8 Å². The molecule has 348 valence electrons. The molecule has 15 bridgehead atoms. The second-order valence-corrected chi connectivity index (χ2v) is 23.7. The third-order valence-electron chi connectivity index (χ3n) is 11.0. The highest BCUT2D eigenvalue weighted by Crippen LogP contribution is 2.24. The van der Waals surface area contributed by atoms with Gasteiger partial charge in [0.1, 0.15) is 35.2 Å². The molecule has 4 N–H and O–H groups in total. The van der Waals surface area contributed by atoms with Crippen LogP contribution in [0.3, 0.4) is 0 Å². The monoisotopic (exact) mass is 1000 g/mol. The molecule has 0 aliphatic carbocycles. The van der Waals surface area contributed by atoms with Crippen LogP contribution in [-0.4, -0.2) is 118 Å². The maximum Gasteiger partial charge on any atom is 0.664 e. The van der Waals surface area contributed by atoms with E-state index in [0.717, 1.165) is 33.6 Å². The molecular weight excluding hydrogens is 957 g/mol. The summed E-state index contributed by atoms with van der Waals surface area (Å²) in [5.41, 5.74) is 7.24. The molecule has 2 fully saturated rings. The molecule has 0 unspecified atom stereocenters. The molecule has 2 saturated heterocycles.